The standard InChI is InChI=1S/C11H14N2O6/c1-19-11(18)13-3-2-12-10(17)6-4-7(14)9(16)8(15)5-6/h4-5,14-16H,2-3H2,1H3,(H,12,17)(H,13,18). The number of aromatic hydroxyl groups is 3. The van der Waals surface area contributed by atoms with Gasteiger partial charge in [0.2, 0.25) is 0 Å². The summed E-state index contributed by atoms with van der Waals surface area (Å²) in [6, 6.07) is 2.02. The first-order valence-corrected chi connectivity index (χ1v) is 5.30. The summed E-state index contributed by atoms with van der Waals surface area (Å²) in [5, 5.41) is 32.4. The first kappa shape index (κ1) is 14.4. The van der Waals surface area contributed by atoms with Crippen molar-refractivity contribution in [3.8, 4) is 17.2 Å². The van der Waals surface area contributed by atoms with Crippen LogP contribution in [0.1, 0.15) is 10.4 Å². The summed E-state index contributed by atoms with van der Waals surface area (Å²) >= 11 is 0. The maximum absolute atomic E-state index is 11.6. The smallest absolute Gasteiger partial charge is 0.406 e. The van der Waals surface area contributed by atoms with Crippen molar-refractivity contribution < 1.29 is 29.6 Å². The number of hydrogen-bond donors (Lipinski definition) is 5. The van der Waals surface area contributed by atoms with Gasteiger partial charge in [0.1, 0.15) is 0 Å². The second kappa shape index (κ2) is 6.34. The highest BCUT2D eigenvalue weighted by Crippen LogP contribution is 2.35. The number of phenols is 3. The maximum atomic E-state index is 11.6. The number of carbonyl (C=O) groups excluding carboxylic acids is 2. The van der Waals surface area contributed by atoms with Crippen LogP contribution < -0.4 is 10.6 Å². The Morgan fingerprint density at radius 3 is 2.16 bits per heavy atom. The average Bonchev–Trinajstić information content (AvgIpc) is 2.39. The number of hydrogen-bond acceptors (Lipinski definition) is 6. The molecule has 0 aliphatic heterocycles. The number of methoxy groups -OCH3 is 1. The fraction of sp³-hybridized carbons (Fsp3) is 0.273. The molecule has 0 heterocycles. The third-order valence-corrected chi connectivity index (χ3v) is 2.20. The molecule has 2 amide bonds. The van der Waals surface area contributed by atoms with E-state index < -0.39 is 29.2 Å². The van der Waals surface area contributed by atoms with E-state index in [1.165, 1.54) is 7.11 Å². The molecule has 1 rings (SSSR count). The largest absolute Gasteiger partial charge is 0.504 e. The van der Waals surface area contributed by atoms with Crippen LogP contribution in [0.4, 0.5) is 4.79 Å². The van der Waals surface area contributed by atoms with Crippen molar-refractivity contribution >= 4 is 12.0 Å². The predicted octanol–water partition coefficient (Wildman–Crippen LogP) is -0.111. The van der Waals surface area contributed by atoms with E-state index in [9.17, 15) is 19.8 Å². The van der Waals surface area contributed by atoms with Gasteiger partial charge in [-0.1, -0.05) is 0 Å². The molecule has 0 aliphatic carbocycles. The van der Waals surface area contributed by atoms with Crippen molar-refractivity contribution in [2.24, 2.45) is 0 Å². The summed E-state index contributed by atoms with van der Waals surface area (Å²) < 4.78 is 4.33. The lowest BCUT2D eigenvalue weighted by Crippen LogP contribution is -2.34. The predicted molar refractivity (Wildman–Crippen MR) is 64.2 cm³/mol. The summed E-state index contributed by atoms with van der Waals surface area (Å²) in [7, 11) is 1.22. The van der Waals surface area contributed by atoms with E-state index >= 15 is 0 Å². The Bertz CT molecular complexity index is 465. The number of alkyl carbamates (subject to hydrolysis) is 1. The highest BCUT2D eigenvalue weighted by molar-refractivity contribution is 5.95. The van der Waals surface area contributed by atoms with E-state index in [0.717, 1.165) is 12.1 Å². The van der Waals surface area contributed by atoms with Gasteiger partial charge in [-0.3, -0.25) is 4.79 Å². The zero-order valence-corrected chi connectivity index (χ0v) is 10.1. The molecule has 19 heavy (non-hydrogen) atoms. The minimum atomic E-state index is -0.691. The molecule has 0 radical (unpaired) electrons. The van der Waals surface area contributed by atoms with Gasteiger partial charge in [0, 0.05) is 18.7 Å². The Morgan fingerprint density at radius 1 is 1.11 bits per heavy atom. The van der Waals surface area contributed by atoms with E-state index in [4.69, 9.17) is 5.11 Å². The number of phenolic OH excluding ortho intramolecular Hbond substituents is 3. The second-order valence-corrected chi connectivity index (χ2v) is 3.54. The van der Waals surface area contributed by atoms with Crippen LogP contribution in [0.2, 0.25) is 0 Å². The molecular formula is C11H14N2O6. The normalized spacial score (nSPS) is 9.74. The van der Waals surface area contributed by atoms with Crippen molar-refractivity contribution in [1.82, 2.24) is 10.6 Å². The van der Waals surface area contributed by atoms with Gasteiger partial charge in [-0.05, 0) is 12.1 Å². The van der Waals surface area contributed by atoms with Crippen LogP contribution in [0.5, 0.6) is 17.2 Å². The van der Waals surface area contributed by atoms with Gasteiger partial charge in [-0.25, -0.2) is 4.79 Å². The third-order valence-electron chi connectivity index (χ3n) is 2.20. The summed E-state index contributed by atoms with van der Waals surface area (Å²) in [5.41, 5.74) is -0.0223. The zero-order chi connectivity index (χ0) is 14.4. The molecule has 0 atom stereocenters. The highest BCUT2D eigenvalue weighted by atomic mass is 16.5. The minimum absolute atomic E-state index is 0.0223. The third kappa shape index (κ3) is 3.95. The number of benzene rings is 1. The minimum Gasteiger partial charge on any atom is -0.504 e. The molecule has 5 N–H and O–H groups in total. The lowest BCUT2D eigenvalue weighted by molar-refractivity contribution is 0.0952. The number of rotatable bonds is 4. The van der Waals surface area contributed by atoms with Crippen molar-refractivity contribution in [3.63, 3.8) is 0 Å². The second-order valence-electron chi connectivity index (χ2n) is 3.54. The van der Waals surface area contributed by atoms with Crippen LogP contribution in [0.25, 0.3) is 0 Å². The van der Waals surface area contributed by atoms with Gasteiger partial charge in [-0.2, -0.15) is 0 Å². The van der Waals surface area contributed by atoms with Crippen molar-refractivity contribution in [3.05, 3.63) is 17.7 Å². The molecule has 0 aromatic heterocycles. The molecule has 1 aromatic carbocycles. The molecule has 0 bridgehead atoms. The van der Waals surface area contributed by atoms with Crippen LogP contribution in [-0.2, 0) is 4.74 Å². The number of carbonyl (C=O) groups is 2. The van der Waals surface area contributed by atoms with E-state index in [-0.39, 0.29) is 18.7 Å². The molecule has 8 nitrogen and oxygen atoms in total. The molecular weight excluding hydrogens is 256 g/mol. The maximum Gasteiger partial charge on any atom is 0.406 e. The molecule has 8 heteroatoms. The zero-order valence-electron chi connectivity index (χ0n) is 10.1. The number of nitrogens with one attached hydrogen (secondary N) is 2. The van der Waals surface area contributed by atoms with Gasteiger partial charge in [-0.15, -0.1) is 0 Å². The van der Waals surface area contributed by atoms with E-state index in [1.807, 2.05) is 0 Å². The Morgan fingerprint density at radius 2 is 1.63 bits per heavy atom. The molecule has 0 spiro atoms. The first-order valence-electron chi connectivity index (χ1n) is 5.30. The lowest BCUT2D eigenvalue weighted by Gasteiger charge is -2.08. The molecule has 0 saturated heterocycles. The van der Waals surface area contributed by atoms with E-state index in [1.54, 1.807) is 0 Å². The summed E-state index contributed by atoms with van der Waals surface area (Å²) in [6.07, 6.45) is -0.617. The lowest BCUT2D eigenvalue weighted by atomic mass is 10.1. The van der Waals surface area contributed by atoms with Crippen LogP contribution in [0.15, 0.2) is 12.1 Å². The fourth-order valence-corrected chi connectivity index (χ4v) is 1.25. The number of amides is 2. The van der Waals surface area contributed by atoms with E-state index in [0.29, 0.717) is 0 Å². The summed E-state index contributed by atoms with van der Waals surface area (Å²) in [6.45, 7) is 0.296. The summed E-state index contributed by atoms with van der Waals surface area (Å²) in [5.74, 6) is -2.46. The van der Waals surface area contributed by atoms with Crippen molar-refractivity contribution in [2.75, 3.05) is 20.2 Å². The Kier molecular flexibility index (Phi) is 4.81. The molecule has 0 fully saturated rings. The molecule has 0 unspecified atom stereocenters. The SMILES string of the molecule is COC(=O)NCCNC(=O)c1cc(O)c(O)c(O)c1. The van der Waals surface area contributed by atoms with E-state index in [2.05, 4.69) is 15.4 Å². The van der Waals surface area contributed by atoms with Crippen LogP contribution in [-0.4, -0.2) is 47.5 Å². The molecule has 104 valence electrons. The molecule has 0 saturated carbocycles. The Hall–Kier alpha value is -2.64. The Balaban J connectivity index is 2.52. The fourth-order valence-electron chi connectivity index (χ4n) is 1.25. The Labute approximate surface area is 108 Å². The van der Waals surface area contributed by atoms with Gasteiger partial charge in [0.15, 0.2) is 17.2 Å². The van der Waals surface area contributed by atoms with Crippen LogP contribution in [0.3, 0.4) is 0 Å². The van der Waals surface area contributed by atoms with Crippen molar-refractivity contribution in [1.29, 1.82) is 0 Å². The molecule has 0 aliphatic rings. The van der Waals surface area contributed by atoms with Crippen LogP contribution in [0, 0.1) is 0 Å². The topological polar surface area (TPSA) is 128 Å². The first-order chi connectivity index (χ1) is 8.95. The van der Waals surface area contributed by atoms with Crippen molar-refractivity contribution in [2.45, 2.75) is 0 Å². The number of ether oxygens (including phenoxy) is 1. The van der Waals surface area contributed by atoms with Gasteiger partial charge in [0.25, 0.3) is 5.91 Å². The summed E-state index contributed by atoms with van der Waals surface area (Å²) in [4.78, 5) is 22.3. The molecule has 1 aromatic rings. The average molecular weight is 270 g/mol. The van der Waals surface area contributed by atoms with Gasteiger partial charge < -0.3 is 30.7 Å². The quantitative estimate of drug-likeness (QED) is 0.383. The monoisotopic (exact) mass is 270 g/mol. The van der Waals surface area contributed by atoms with Crippen LogP contribution >= 0.6 is 0 Å². The highest BCUT2D eigenvalue weighted by Gasteiger charge is 2.13. The van der Waals surface area contributed by atoms with Gasteiger partial charge in [0.05, 0.1) is 7.11 Å². The van der Waals surface area contributed by atoms with Gasteiger partial charge >= 0.3 is 6.09 Å².